The number of nitrogens with zero attached hydrogens (tertiary/aromatic N) is 1. The molecule has 1 N–H and O–H groups in total. The van der Waals surface area contributed by atoms with E-state index in [1.165, 1.54) is 0 Å². The van der Waals surface area contributed by atoms with Gasteiger partial charge in [-0.1, -0.05) is 29.3 Å². The lowest BCUT2D eigenvalue weighted by Gasteiger charge is -2.15. The van der Waals surface area contributed by atoms with Crippen LogP contribution in [0.5, 0.6) is 0 Å². The first-order valence-corrected chi connectivity index (χ1v) is 7.71. The molecule has 8 heteroatoms. The first-order valence-electron chi connectivity index (χ1n) is 7.34. The van der Waals surface area contributed by atoms with Gasteiger partial charge >= 0.3 is 6.18 Å². The van der Waals surface area contributed by atoms with Gasteiger partial charge < -0.3 is 9.88 Å². The van der Waals surface area contributed by atoms with E-state index in [4.69, 9.17) is 11.6 Å². The molecule has 0 unspecified atom stereocenters. The normalized spacial score (nSPS) is 11.5. The van der Waals surface area contributed by atoms with Crippen LogP contribution in [0.4, 0.5) is 18.9 Å². The van der Waals surface area contributed by atoms with Crippen molar-refractivity contribution in [1.29, 1.82) is 0 Å². The van der Waals surface area contributed by atoms with Gasteiger partial charge in [-0.15, -0.1) is 0 Å². The molecule has 0 fully saturated rings. The summed E-state index contributed by atoms with van der Waals surface area (Å²) in [6, 6.07) is 4.29. The third-order valence-electron chi connectivity index (χ3n) is 3.63. The molecule has 0 aliphatic heterocycles. The van der Waals surface area contributed by atoms with Crippen LogP contribution < -0.4 is 10.9 Å². The van der Waals surface area contributed by atoms with E-state index in [1.807, 2.05) is 32.9 Å². The number of anilines is 1. The summed E-state index contributed by atoms with van der Waals surface area (Å²) < 4.78 is 39.2. The Kier molecular flexibility index (Phi) is 5.27. The predicted octanol–water partition coefficient (Wildman–Crippen LogP) is 4.08. The van der Waals surface area contributed by atoms with E-state index in [9.17, 15) is 22.8 Å². The number of hydrogen-bond acceptors (Lipinski definition) is 2. The number of pyridine rings is 1. The third kappa shape index (κ3) is 4.42. The van der Waals surface area contributed by atoms with Crippen molar-refractivity contribution >= 4 is 23.2 Å². The van der Waals surface area contributed by atoms with Crippen LogP contribution in [0, 0.1) is 20.8 Å². The van der Waals surface area contributed by atoms with E-state index in [1.54, 1.807) is 0 Å². The second kappa shape index (κ2) is 6.92. The molecule has 1 aromatic carbocycles. The fourth-order valence-electron chi connectivity index (χ4n) is 2.58. The molecule has 0 bridgehead atoms. The van der Waals surface area contributed by atoms with E-state index < -0.39 is 34.8 Å². The number of aryl methyl sites for hydroxylation is 3. The Morgan fingerprint density at radius 1 is 1.16 bits per heavy atom. The molecular weight excluding hydrogens is 357 g/mol. The standard InChI is InChI=1S/C17H16ClF3N2O2/c1-9-4-10(2)15(11(3)5-9)22-14(24)8-23-7-12(17(19,20)21)6-13(18)16(23)25/h4-7H,8H2,1-3H3,(H,22,24). The highest BCUT2D eigenvalue weighted by Crippen LogP contribution is 2.29. The van der Waals surface area contributed by atoms with Gasteiger partial charge in [0, 0.05) is 11.9 Å². The second-order valence-corrected chi connectivity index (χ2v) is 6.24. The van der Waals surface area contributed by atoms with Gasteiger partial charge in [-0.3, -0.25) is 9.59 Å². The first-order chi connectivity index (χ1) is 11.5. The summed E-state index contributed by atoms with van der Waals surface area (Å²) in [7, 11) is 0. The highest BCUT2D eigenvalue weighted by atomic mass is 35.5. The summed E-state index contributed by atoms with van der Waals surface area (Å²) in [6.07, 6.45) is -4.08. The van der Waals surface area contributed by atoms with Crippen molar-refractivity contribution in [2.45, 2.75) is 33.5 Å². The minimum absolute atomic E-state index is 0.548. The monoisotopic (exact) mass is 372 g/mol. The van der Waals surface area contributed by atoms with Crippen LogP contribution in [0.25, 0.3) is 0 Å². The maximum Gasteiger partial charge on any atom is 0.417 e. The number of nitrogens with one attached hydrogen (secondary N) is 1. The van der Waals surface area contributed by atoms with Gasteiger partial charge in [-0.25, -0.2) is 0 Å². The Bertz CT molecular complexity index is 865. The zero-order valence-electron chi connectivity index (χ0n) is 13.8. The molecule has 1 heterocycles. The molecule has 2 aromatic rings. The zero-order valence-corrected chi connectivity index (χ0v) is 14.5. The molecule has 1 amide bonds. The van der Waals surface area contributed by atoms with Crippen molar-refractivity contribution in [1.82, 2.24) is 4.57 Å². The van der Waals surface area contributed by atoms with Gasteiger partial charge in [-0.2, -0.15) is 13.2 Å². The van der Waals surface area contributed by atoms with Crippen LogP contribution in [-0.2, 0) is 17.5 Å². The average Bonchev–Trinajstić information content (AvgIpc) is 2.46. The van der Waals surface area contributed by atoms with Gasteiger partial charge in [-0.05, 0) is 38.0 Å². The van der Waals surface area contributed by atoms with Crippen molar-refractivity contribution in [2.75, 3.05) is 5.32 Å². The number of benzene rings is 1. The minimum atomic E-state index is -4.67. The SMILES string of the molecule is Cc1cc(C)c(NC(=O)Cn2cc(C(F)(F)F)cc(Cl)c2=O)c(C)c1. The van der Waals surface area contributed by atoms with Crippen molar-refractivity contribution in [3.8, 4) is 0 Å². The lowest BCUT2D eigenvalue weighted by Crippen LogP contribution is -2.29. The Balaban J connectivity index is 2.30. The Labute approximate surface area is 147 Å². The number of carbonyl (C=O) groups excluding carboxylic acids is 1. The topological polar surface area (TPSA) is 51.1 Å². The molecule has 0 aliphatic carbocycles. The van der Waals surface area contributed by atoms with E-state index in [0.717, 1.165) is 16.7 Å². The van der Waals surface area contributed by atoms with E-state index >= 15 is 0 Å². The fraction of sp³-hybridized carbons (Fsp3) is 0.294. The van der Waals surface area contributed by atoms with Crippen LogP contribution in [0.1, 0.15) is 22.3 Å². The van der Waals surface area contributed by atoms with Crippen molar-refractivity contribution in [2.24, 2.45) is 0 Å². The second-order valence-electron chi connectivity index (χ2n) is 5.83. The summed E-state index contributed by atoms with van der Waals surface area (Å²) >= 11 is 5.57. The number of amides is 1. The van der Waals surface area contributed by atoms with Crippen LogP contribution in [-0.4, -0.2) is 10.5 Å². The first kappa shape index (κ1) is 19.1. The number of aromatic nitrogens is 1. The molecule has 4 nitrogen and oxygen atoms in total. The van der Waals surface area contributed by atoms with Gasteiger partial charge in [0.05, 0.1) is 5.56 Å². The maximum absolute atomic E-state index is 12.8. The van der Waals surface area contributed by atoms with Crippen LogP contribution in [0.15, 0.2) is 29.2 Å². The molecule has 0 radical (unpaired) electrons. The van der Waals surface area contributed by atoms with E-state index in [0.29, 0.717) is 22.5 Å². The number of alkyl halides is 3. The molecule has 0 saturated carbocycles. The highest BCUT2D eigenvalue weighted by Gasteiger charge is 2.32. The molecule has 0 saturated heterocycles. The smallest absolute Gasteiger partial charge is 0.324 e. The van der Waals surface area contributed by atoms with Crippen molar-refractivity contribution < 1.29 is 18.0 Å². The van der Waals surface area contributed by atoms with Crippen LogP contribution in [0.3, 0.4) is 0 Å². The molecule has 0 spiro atoms. The quantitative estimate of drug-likeness (QED) is 0.882. The maximum atomic E-state index is 12.8. The number of hydrogen-bond donors (Lipinski definition) is 1. The third-order valence-corrected chi connectivity index (χ3v) is 3.90. The molecule has 0 aliphatic rings. The van der Waals surface area contributed by atoms with Crippen molar-refractivity contribution in [3.63, 3.8) is 0 Å². The Morgan fingerprint density at radius 2 is 1.72 bits per heavy atom. The van der Waals surface area contributed by atoms with E-state index in [-0.39, 0.29) is 0 Å². The Morgan fingerprint density at radius 3 is 2.24 bits per heavy atom. The summed E-state index contributed by atoms with van der Waals surface area (Å²) in [6.45, 7) is 4.96. The number of halogens is 4. The zero-order chi connectivity index (χ0) is 18.9. The summed E-state index contributed by atoms with van der Waals surface area (Å²) in [4.78, 5) is 24.1. The van der Waals surface area contributed by atoms with Gasteiger partial charge in [0.25, 0.3) is 5.56 Å². The average molecular weight is 373 g/mol. The van der Waals surface area contributed by atoms with Crippen LogP contribution >= 0.6 is 11.6 Å². The predicted molar refractivity (Wildman–Crippen MR) is 90.0 cm³/mol. The molecular formula is C17H16ClF3N2O2. The molecule has 1 aromatic heterocycles. The van der Waals surface area contributed by atoms with Crippen molar-refractivity contribution in [3.05, 3.63) is 62.0 Å². The highest BCUT2D eigenvalue weighted by molar-refractivity contribution is 6.30. The molecule has 2 rings (SSSR count). The fourth-order valence-corrected chi connectivity index (χ4v) is 2.81. The van der Waals surface area contributed by atoms with E-state index in [2.05, 4.69) is 5.32 Å². The number of carbonyl (C=O) groups is 1. The Hall–Kier alpha value is -2.28. The minimum Gasteiger partial charge on any atom is -0.324 e. The largest absolute Gasteiger partial charge is 0.417 e. The summed E-state index contributed by atoms with van der Waals surface area (Å²) in [5, 5.41) is 2.04. The van der Waals surface area contributed by atoms with Gasteiger partial charge in [0.15, 0.2) is 0 Å². The molecule has 25 heavy (non-hydrogen) atoms. The van der Waals surface area contributed by atoms with Crippen LogP contribution in [0.2, 0.25) is 5.02 Å². The summed E-state index contributed by atoms with van der Waals surface area (Å²) in [5.74, 6) is -0.618. The number of rotatable bonds is 3. The summed E-state index contributed by atoms with van der Waals surface area (Å²) in [5.41, 5.74) is 1.28. The van der Waals surface area contributed by atoms with Gasteiger partial charge in [0.1, 0.15) is 11.6 Å². The lowest BCUT2D eigenvalue weighted by atomic mass is 10.1. The lowest BCUT2D eigenvalue weighted by molar-refractivity contribution is -0.138. The molecule has 134 valence electrons. The molecule has 0 atom stereocenters. The van der Waals surface area contributed by atoms with Gasteiger partial charge in [0.2, 0.25) is 5.91 Å².